The molecule has 0 atom stereocenters. The number of nitrogens with zero attached hydrogens (tertiary/aromatic N) is 1. The van der Waals surface area contributed by atoms with Crippen LogP contribution in [0.2, 0.25) is 5.02 Å². The zero-order valence-electron chi connectivity index (χ0n) is 11.6. The molecule has 4 heteroatoms. The molecule has 0 saturated heterocycles. The van der Waals surface area contributed by atoms with E-state index in [0.29, 0.717) is 0 Å². The van der Waals surface area contributed by atoms with Crippen LogP contribution in [0.25, 0.3) is 10.9 Å². The zero-order chi connectivity index (χ0) is 14.1. The molecule has 0 bridgehead atoms. The number of nitrogens with one attached hydrogen (secondary N) is 1. The number of pyridine rings is 1. The highest BCUT2D eigenvalue weighted by Gasteiger charge is 2.19. The Morgan fingerprint density at radius 3 is 2.90 bits per heavy atom. The van der Waals surface area contributed by atoms with E-state index in [-0.39, 0.29) is 0 Å². The van der Waals surface area contributed by atoms with Crippen molar-refractivity contribution in [1.82, 2.24) is 4.98 Å². The minimum absolute atomic E-state index is 0.724. The van der Waals surface area contributed by atoms with Gasteiger partial charge >= 0.3 is 0 Å². The first-order valence-corrected chi connectivity index (χ1v) is 8.42. The van der Waals surface area contributed by atoms with Gasteiger partial charge in [-0.1, -0.05) is 34.5 Å². The van der Waals surface area contributed by atoms with Crippen molar-refractivity contribution < 1.29 is 0 Å². The fraction of sp³-hybridized carbons (Fsp3) is 0.438. The highest BCUT2D eigenvalue weighted by Crippen LogP contribution is 2.37. The molecule has 0 fully saturated rings. The molecule has 1 heterocycles. The second kappa shape index (κ2) is 5.90. The lowest BCUT2D eigenvalue weighted by molar-refractivity contribution is 0.672. The van der Waals surface area contributed by atoms with Crippen molar-refractivity contribution in [3.63, 3.8) is 0 Å². The molecule has 0 aliphatic heterocycles. The Hall–Kier alpha value is -0.800. The molecule has 2 nitrogen and oxygen atoms in total. The zero-order valence-corrected chi connectivity index (χ0v) is 13.9. The third-order valence-electron chi connectivity index (χ3n) is 3.84. The number of benzene rings is 1. The molecule has 1 aliphatic rings. The van der Waals surface area contributed by atoms with Crippen LogP contribution in [0, 0.1) is 0 Å². The van der Waals surface area contributed by atoms with Gasteiger partial charge in [0.2, 0.25) is 0 Å². The number of fused-ring (bicyclic) bond motifs is 2. The van der Waals surface area contributed by atoms with Crippen LogP contribution in [0.15, 0.2) is 16.6 Å². The van der Waals surface area contributed by atoms with Gasteiger partial charge in [0, 0.05) is 27.8 Å². The van der Waals surface area contributed by atoms with E-state index in [1.54, 1.807) is 0 Å². The summed E-state index contributed by atoms with van der Waals surface area (Å²) in [4.78, 5) is 4.83. The van der Waals surface area contributed by atoms with E-state index in [1.807, 2.05) is 6.07 Å². The van der Waals surface area contributed by atoms with Gasteiger partial charge in [-0.2, -0.15) is 0 Å². The number of aromatic nitrogens is 1. The van der Waals surface area contributed by atoms with E-state index in [2.05, 4.69) is 34.2 Å². The van der Waals surface area contributed by atoms with Crippen molar-refractivity contribution in [2.24, 2.45) is 0 Å². The lowest BCUT2D eigenvalue weighted by Gasteiger charge is -2.22. The quantitative estimate of drug-likeness (QED) is 0.804. The van der Waals surface area contributed by atoms with Crippen LogP contribution in [0.1, 0.15) is 37.4 Å². The van der Waals surface area contributed by atoms with Crippen molar-refractivity contribution in [2.45, 2.75) is 39.0 Å². The minimum atomic E-state index is 0.724. The molecule has 1 N–H and O–H groups in total. The molecule has 1 aromatic carbocycles. The van der Waals surface area contributed by atoms with E-state index in [1.165, 1.54) is 29.8 Å². The summed E-state index contributed by atoms with van der Waals surface area (Å²) in [7, 11) is 0. The van der Waals surface area contributed by atoms with Gasteiger partial charge in [0.15, 0.2) is 0 Å². The Morgan fingerprint density at radius 1 is 1.30 bits per heavy atom. The van der Waals surface area contributed by atoms with Crippen LogP contribution in [0.3, 0.4) is 0 Å². The third kappa shape index (κ3) is 2.53. The van der Waals surface area contributed by atoms with E-state index in [4.69, 9.17) is 16.6 Å². The monoisotopic (exact) mass is 352 g/mol. The second-order valence-electron chi connectivity index (χ2n) is 5.33. The Balaban J connectivity index is 2.27. The summed E-state index contributed by atoms with van der Waals surface area (Å²) in [6.45, 7) is 3.17. The van der Waals surface area contributed by atoms with Crippen molar-refractivity contribution in [3.8, 4) is 0 Å². The van der Waals surface area contributed by atoms with Gasteiger partial charge in [0.25, 0.3) is 0 Å². The summed E-state index contributed by atoms with van der Waals surface area (Å²) in [5.41, 5.74) is 4.79. The number of hydrogen-bond acceptors (Lipinski definition) is 2. The molecule has 2 aromatic rings. The molecule has 1 aliphatic carbocycles. The Bertz CT molecular complexity index is 655. The van der Waals surface area contributed by atoms with E-state index >= 15 is 0 Å². The Labute approximate surface area is 133 Å². The van der Waals surface area contributed by atoms with Gasteiger partial charge in [-0.05, 0) is 49.8 Å². The first-order valence-electron chi connectivity index (χ1n) is 7.25. The average molecular weight is 354 g/mol. The summed E-state index contributed by atoms with van der Waals surface area (Å²) in [6, 6.07) is 4.05. The maximum absolute atomic E-state index is 6.39. The van der Waals surface area contributed by atoms with Crippen molar-refractivity contribution >= 4 is 44.1 Å². The third-order valence-corrected chi connectivity index (χ3v) is 4.58. The number of rotatable bonds is 3. The topological polar surface area (TPSA) is 24.9 Å². The summed E-state index contributed by atoms with van der Waals surface area (Å²) >= 11 is 9.93. The number of hydrogen-bond donors (Lipinski definition) is 1. The van der Waals surface area contributed by atoms with Gasteiger partial charge in [-0.25, -0.2) is 0 Å². The summed E-state index contributed by atoms with van der Waals surface area (Å²) < 4.78 is 1.01. The normalized spacial score (nSPS) is 14.3. The molecule has 0 spiro atoms. The SMILES string of the molecule is CCCNc1c2c(nc3c(Cl)cc(Br)cc13)CCCC2. The van der Waals surface area contributed by atoms with Crippen LogP contribution >= 0.6 is 27.5 Å². The standard InChI is InChI=1S/C16H18BrClN2/c1-2-7-19-15-11-5-3-4-6-14(11)20-16-12(15)8-10(17)9-13(16)18/h8-9H,2-7H2,1H3,(H,19,20). The molecular weight excluding hydrogens is 336 g/mol. The molecule has 3 rings (SSSR count). The van der Waals surface area contributed by atoms with Crippen LogP contribution in [0.4, 0.5) is 5.69 Å². The summed E-state index contributed by atoms with van der Waals surface area (Å²) in [5.74, 6) is 0. The van der Waals surface area contributed by atoms with E-state index in [0.717, 1.165) is 46.2 Å². The predicted octanol–water partition coefficient (Wildman–Crippen LogP) is 5.35. The fourth-order valence-corrected chi connectivity index (χ4v) is 3.75. The molecule has 0 unspecified atom stereocenters. The Kier molecular flexibility index (Phi) is 4.18. The molecule has 106 valence electrons. The molecule has 0 saturated carbocycles. The van der Waals surface area contributed by atoms with E-state index < -0.39 is 0 Å². The van der Waals surface area contributed by atoms with Crippen LogP contribution in [0.5, 0.6) is 0 Å². The van der Waals surface area contributed by atoms with E-state index in [9.17, 15) is 0 Å². The predicted molar refractivity (Wildman–Crippen MR) is 89.9 cm³/mol. The van der Waals surface area contributed by atoms with Crippen LogP contribution in [-0.2, 0) is 12.8 Å². The molecule has 0 amide bonds. The van der Waals surface area contributed by atoms with Gasteiger partial charge < -0.3 is 5.32 Å². The fourth-order valence-electron chi connectivity index (χ4n) is 2.90. The van der Waals surface area contributed by atoms with Gasteiger partial charge in [0.05, 0.1) is 10.5 Å². The summed E-state index contributed by atoms with van der Waals surface area (Å²) in [6.07, 6.45) is 5.78. The van der Waals surface area contributed by atoms with Crippen molar-refractivity contribution in [3.05, 3.63) is 32.9 Å². The number of aryl methyl sites for hydroxylation is 1. The van der Waals surface area contributed by atoms with Gasteiger partial charge in [-0.3, -0.25) is 4.98 Å². The molecular formula is C16H18BrClN2. The first-order chi connectivity index (χ1) is 9.70. The minimum Gasteiger partial charge on any atom is -0.384 e. The lowest BCUT2D eigenvalue weighted by Crippen LogP contribution is -2.12. The first kappa shape index (κ1) is 14.2. The highest BCUT2D eigenvalue weighted by molar-refractivity contribution is 9.10. The molecule has 20 heavy (non-hydrogen) atoms. The Morgan fingerprint density at radius 2 is 2.10 bits per heavy atom. The maximum atomic E-state index is 6.39. The second-order valence-corrected chi connectivity index (χ2v) is 6.65. The number of halogens is 2. The van der Waals surface area contributed by atoms with Crippen molar-refractivity contribution in [1.29, 1.82) is 0 Å². The lowest BCUT2D eigenvalue weighted by atomic mass is 9.92. The highest BCUT2D eigenvalue weighted by atomic mass is 79.9. The summed E-state index contributed by atoms with van der Waals surface area (Å²) in [5, 5.41) is 5.46. The van der Waals surface area contributed by atoms with Gasteiger partial charge in [0.1, 0.15) is 0 Å². The van der Waals surface area contributed by atoms with Crippen LogP contribution in [-0.4, -0.2) is 11.5 Å². The van der Waals surface area contributed by atoms with Gasteiger partial charge in [-0.15, -0.1) is 0 Å². The number of anilines is 1. The maximum Gasteiger partial charge on any atom is 0.0913 e. The molecule has 0 radical (unpaired) electrons. The smallest absolute Gasteiger partial charge is 0.0913 e. The van der Waals surface area contributed by atoms with Crippen LogP contribution < -0.4 is 5.32 Å². The molecule has 1 aromatic heterocycles. The average Bonchev–Trinajstić information content (AvgIpc) is 2.44. The van der Waals surface area contributed by atoms with Crippen molar-refractivity contribution in [2.75, 3.05) is 11.9 Å². The largest absolute Gasteiger partial charge is 0.384 e.